The van der Waals surface area contributed by atoms with Crippen LogP contribution in [0.5, 0.6) is 0 Å². The van der Waals surface area contributed by atoms with Crippen LogP contribution in [0.15, 0.2) is 0 Å². The van der Waals surface area contributed by atoms with E-state index >= 15 is 0 Å². The van der Waals surface area contributed by atoms with Gasteiger partial charge in [0.15, 0.2) is 0 Å². The van der Waals surface area contributed by atoms with Crippen molar-refractivity contribution in [3.05, 3.63) is 0 Å². The molecule has 0 aliphatic carbocycles. The minimum Gasteiger partial charge on any atom is -0.372 e. The summed E-state index contributed by atoms with van der Waals surface area (Å²) >= 11 is 0. The predicted molar refractivity (Wildman–Crippen MR) is 40.4 cm³/mol. The first-order valence-corrected chi connectivity index (χ1v) is 3.37. The molecule has 0 saturated heterocycles. The third-order valence-electron chi connectivity index (χ3n) is 1.24. The number of rotatable bonds is 3. The van der Waals surface area contributed by atoms with E-state index in [1.54, 1.807) is 0 Å². The lowest BCUT2D eigenvalue weighted by Gasteiger charge is -1.97. The Morgan fingerprint density at radius 3 is 1.60 bits per heavy atom. The number of hydrogen-bond acceptors (Lipinski definition) is 2. The van der Waals surface area contributed by atoms with Gasteiger partial charge < -0.3 is 10.5 Å². The van der Waals surface area contributed by atoms with E-state index in [2.05, 4.69) is 5.73 Å². The van der Waals surface area contributed by atoms with Gasteiger partial charge in [0.1, 0.15) is 6.29 Å². The van der Waals surface area contributed by atoms with E-state index in [1.807, 2.05) is 13.8 Å². The Morgan fingerprint density at radius 1 is 1.30 bits per heavy atom. The van der Waals surface area contributed by atoms with Crippen LogP contribution in [-0.2, 0) is 9.59 Å². The zero-order chi connectivity index (χ0) is 8.41. The zero-order valence-electron chi connectivity index (χ0n) is 6.54. The largest absolute Gasteiger partial charge is 0.372 e. The highest BCUT2D eigenvalue weighted by Gasteiger charge is 1.96. The van der Waals surface area contributed by atoms with Crippen LogP contribution >= 0.6 is 0 Å². The fourth-order valence-corrected chi connectivity index (χ4v) is 0.481. The molecular formula is C7H15NO2. The maximum atomic E-state index is 9.97. The summed E-state index contributed by atoms with van der Waals surface area (Å²) in [5, 5.41) is 0. The summed E-state index contributed by atoms with van der Waals surface area (Å²) in [5.74, 6) is 0.306. The topological polar surface area (TPSA) is 60.2 Å². The van der Waals surface area contributed by atoms with E-state index in [0.717, 1.165) is 19.1 Å². The van der Waals surface area contributed by atoms with Crippen molar-refractivity contribution < 1.29 is 9.59 Å². The van der Waals surface area contributed by atoms with Crippen molar-refractivity contribution in [3.8, 4) is 0 Å². The summed E-state index contributed by atoms with van der Waals surface area (Å²) in [6.45, 7) is 4.06. The number of carbonyl (C=O) groups excluding carboxylic acids is 2. The van der Waals surface area contributed by atoms with Gasteiger partial charge in [0, 0.05) is 5.92 Å². The summed E-state index contributed by atoms with van der Waals surface area (Å²) in [5.41, 5.74) is 4.17. The van der Waals surface area contributed by atoms with Crippen LogP contribution in [0.1, 0.15) is 26.7 Å². The molecule has 1 amide bonds. The number of carbonyl (C=O) groups is 2. The molecule has 0 saturated carbocycles. The minimum atomic E-state index is 0.250. The molecule has 0 aromatic heterocycles. The molecule has 0 fully saturated rings. The highest BCUT2D eigenvalue weighted by molar-refractivity contribution is 5.52. The average molecular weight is 145 g/mol. The van der Waals surface area contributed by atoms with Crippen molar-refractivity contribution in [2.45, 2.75) is 26.7 Å². The molecule has 0 atom stereocenters. The molecule has 0 aliphatic rings. The Morgan fingerprint density at radius 2 is 1.60 bits per heavy atom. The summed E-state index contributed by atoms with van der Waals surface area (Å²) in [4.78, 5) is 18.6. The molecule has 0 heterocycles. The Kier molecular flexibility index (Phi) is 13.1. The molecule has 0 aromatic rings. The molecule has 2 N–H and O–H groups in total. The maximum Gasteiger partial charge on any atom is 0.204 e. The molecule has 10 heavy (non-hydrogen) atoms. The van der Waals surface area contributed by atoms with E-state index < -0.39 is 0 Å². The van der Waals surface area contributed by atoms with Gasteiger partial charge in [-0.15, -0.1) is 0 Å². The number of amides is 1. The third kappa shape index (κ3) is 10.2. The minimum absolute atomic E-state index is 0.250. The van der Waals surface area contributed by atoms with Crippen LogP contribution in [0.4, 0.5) is 0 Å². The lowest BCUT2D eigenvalue weighted by Crippen LogP contribution is -1.95. The van der Waals surface area contributed by atoms with Crippen molar-refractivity contribution in [3.63, 3.8) is 0 Å². The molecule has 0 aliphatic heterocycles. The van der Waals surface area contributed by atoms with Gasteiger partial charge in [-0.1, -0.05) is 13.8 Å². The Labute approximate surface area is 61.6 Å². The van der Waals surface area contributed by atoms with E-state index in [1.165, 1.54) is 0 Å². The highest BCUT2D eigenvalue weighted by Crippen LogP contribution is 2.01. The van der Waals surface area contributed by atoms with E-state index in [-0.39, 0.29) is 6.41 Å². The van der Waals surface area contributed by atoms with Gasteiger partial charge in [-0.05, 0) is 12.8 Å². The van der Waals surface area contributed by atoms with Gasteiger partial charge in [0.05, 0.1) is 0 Å². The number of nitrogens with two attached hydrogens (primary N) is 1. The maximum absolute atomic E-state index is 9.97. The van der Waals surface area contributed by atoms with Gasteiger partial charge in [0.25, 0.3) is 0 Å². The molecule has 0 radical (unpaired) electrons. The van der Waals surface area contributed by atoms with E-state index in [0.29, 0.717) is 5.92 Å². The van der Waals surface area contributed by atoms with Crippen LogP contribution in [0.25, 0.3) is 0 Å². The van der Waals surface area contributed by atoms with Gasteiger partial charge in [0.2, 0.25) is 6.41 Å². The molecule has 0 bridgehead atoms. The standard InChI is InChI=1S/C6H12O.CH3NO/c1-3-6(4-2)5-7;2-1-3/h5-6H,3-4H2,1-2H3;1H,(H2,2,3). The number of hydrogen-bond donors (Lipinski definition) is 1. The first-order chi connectivity index (χ1) is 4.76. The molecule has 0 unspecified atom stereocenters. The molecule has 0 aromatic carbocycles. The van der Waals surface area contributed by atoms with Gasteiger partial charge >= 0.3 is 0 Å². The molecule has 0 rings (SSSR count). The van der Waals surface area contributed by atoms with Crippen LogP contribution in [0.3, 0.4) is 0 Å². The van der Waals surface area contributed by atoms with E-state index in [9.17, 15) is 4.79 Å². The van der Waals surface area contributed by atoms with Crippen molar-refractivity contribution in [2.24, 2.45) is 11.7 Å². The lowest BCUT2D eigenvalue weighted by molar-refractivity contribution is -0.111. The van der Waals surface area contributed by atoms with Gasteiger partial charge in [-0.3, -0.25) is 4.79 Å². The first kappa shape index (κ1) is 11.9. The normalized spacial score (nSPS) is 7.90. The first-order valence-electron chi connectivity index (χ1n) is 3.37. The average Bonchev–Trinajstić information content (AvgIpc) is 1.93. The summed E-state index contributed by atoms with van der Waals surface area (Å²) < 4.78 is 0. The molecule has 60 valence electrons. The van der Waals surface area contributed by atoms with Crippen LogP contribution in [-0.4, -0.2) is 12.7 Å². The van der Waals surface area contributed by atoms with Crippen LogP contribution < -0.4 is 5.73 Å². The summed E-state index contributed by atoms with van der Waals surface area (Å²) in [6.07, 6.45) is 3.25. The second-order valence-corrected chi connectivity index (χ2v) is 1.85. The predicted octanol–water partition coefficient (Wildman–Crippen LogP) is 0.723. The Bertz CT molecular complexity index is 79.7. The monoisotopic (exact) mass is 145 g/mol. The molecule has 0 spiro atoms. The lowest BCUT2D eigenvalue weighted by atomic mass is 10.1. The summed E-state index contributed by atoms with van der Waals surface area (Å²) in [6, 6.07) is 0. The fraction of sp³-hybridized carbons (Fsp3) is 0.714. The number of aldehydes is 1. The molecule has 3 heteroatoms. The van der Waals surface area contributed by atoms with Gasteiger partial charge in [-0.25, -0.2) is 0 Å². The van der Waals surface area contributed by atoms with Crippen molar-refractivity contribution in [2.75, 3.05) is 0 Å². The third-order valence-corrected chi connectivity index (χ3v) is 1.24. The second kappa shape index (κ2) is 11.0. The van der Waals surface area contributed by atoms with Crippen molar-refractivity contribution >= 4 is 12.7 Å². The highest BCUT2D eigenvalue weighted by atomic mass is 16.1. The van der Waals surface area contributed by atoms with Crippen LogP contribution in [0.2, 0.25) is 0 Å². The molecule has 3 nitrogen and oxygen atoms in total. The molecular weight excluding hydrogens is 130 g/mol. The second-order valence-electron chi connectivity index (χ2n) is 1.85. The van der Waals surface area contributed by atoms with Crippen molar-refractivity contribution in [1.29, 1.82) is 0 Å². The van der Waals surface area contributed by atoms with Crippen LogP contribution in [0, 0.1) is 5.92 Å². The Balaban J connectivity index is 0. The smallest absolute Gasteiger partial charge is 0.204 e. The quantitative estimate of drug-likeness (QED) is 0.595. The SMILES string of the molecule is CCC(C=O)CC.NC=O. The van der Waals surface area contributed by atoms with E-state index in [4.69, 9.17) is 4.79 Å². The Hall–Kier alpha value is -0.860. The van der Waals surface area contributed by atoms with Crippen molar-refractivity contribution in [1.82, 2.24) is 0 Å². The van der Waals surface area contributed by atoms with Gasteiger partial charge in [-0.2, -0.15) is 0 Å². The zero-order valence-corrected chi connectivity index (χ0v) is 6.54. The number of primary amides is 1. The fourth-order valence-electron chi connectivity index (χ4n) is 0.481. The summed E-state index contributed by atoms with van der Waals surface area (Å²) in [7, 11) is 0.